The summed E-state index contributed by atoms with van der Waals surface area (Å²) in [5, 5.41) is 5.27. The number of anilines is 1. The topological polar surface area (TPSA) is 111 Å². The van der Waals surface area contributed by atoms with Gasteiger partial charge in [0, 0.05) is 12.5 Å². The molecule has 2 aliphatic rings. The minimum Gasteiger partial charge on any atom is -0.482 e. The summed E-state index contributed by atoms with van der Waals surface area (Å²) < 4.78 is 10.4. The Morgan fingerprint density at radius 1 is 1.30 bits per heavy atom. The highest BCUT2D eigenvalue weighted by Gasteiger charge is 2.33. The minimum atomic E-state index is -0.728. The summed E-state index contributed by atoms with van der Waals surface area (Å²) in [6.07, 6.45) is 3.71. The Morgan fingerprint density at radius 3 is 2.74 bits per heavy atom. The zero-order chi connectivity index (χ0) is 19.4. The number of hydrogen-bond acceptors (Lipinski definition) is 6. The third-order valence-electron chi connectivity index (χ3n) is 4.76. The Hall–Kier alpha value is -2.90. The van der Waals surface area contributed by atoms with Crippen LogP contribution in [0.2, 0.25) is 0 Å². The van der Waals surface area contributed by atoms with E-state index in [2.05, 4.69) is 10.6 Å². The molecule has 8 heteroatoms. The molecule has 0 radical (unpaired) electrons. The van der Waals surface area contributed by atoms with Gasteiger partial charge >= 0.3 is 5.97 Å². The molecule has 2 amide bonds. The first-order valence-corrected chi connectivity index (χ1v) is 8.97. The summed E-state index contributed by atoms with van der Waals surface area (Å²) in [6, 6.07) is 3.90. The van der Waals surface area contributed by atoms with Crippen LogP contribution in [0, 0.1) is 5.92 Å². The van der Waals surface area contributed by atoms with Gasteiger partial charge in [-0.25, -0.2) is 4.79 Å². The second kappa shape index (κ2) is 8.20. The van der Waals surface area contributed by atoms with E-state index in [9.17, 15) is 19.2 Å². The van der Waals surface area contributed by atoms with Gasteiger partial charge in [0.05, 0.1) is 5.69 Å². The standard InChI is InChI=1S/C19H22N2O6/c1-11(22)20-18(12-4-2-3-5-12)19(25)27-9-15(23)13-6-7-16-14(8-13)21-17(24)10-26-16/h6-8,12,18H,2-5,9-10H2,1H3,(H,20,22)(H,21,24). The van der Waals surface area contributed by atoms with E-state index in [1.807, 2.05) is 0 Å². The van der Waals surface area contributed by atoms with Gasteiger partial charge in [0.1, 0.15) is 11.8 Å². The third kappa shape index (κ3) is 4.64. The molecule has 1 fully saturated rings. The number of esters is 1. The van der Waals surface area contributed by atoms with Gasteiger partial charge < -0.3 is 20.1 Å². The van der Waals surface area contributed by atoms with Crippen LogP contribution in [-0.4, -0.2) is 42.8 Å². The van der Waals surface area contributed by atoms with Crippen LogP contribution in [0.25, 0.3) is 0 Å². The van der Waals surface area contributed by atoms with Crippen molar-refractivity contribution < 1.29 is 28.7 Å². The number of amides is 2. The molecule has 0 aromatic heterocycles. The van der Waals surface area contributed by atoms with Crippen LogP contribution in [0.4, 0.5) is 5.69 Å². The van der Waals surface area contributed by atoms with Crippen molar-refractivity contribution in [3.05, 3.63) is 23.8 Å². The minimum absolute atomic E-state index is 0.0348. The van der Waals surface area contributed by atoms with E-state index in [-0.39, 0.29) is 24.3 Å². The first kappa shape index (κ1) is 18.9. The van der Waals surface area contributed by atoms with E-state index in [1.165, 1.54) is 13.0 Å². The lowest BCUT2D eigenvalue weighted by Crippen LogP contribution is -2.45. The highest BCUT2D eigenvalue weighted by Crippen LogP contribution is 2.29. The number of carbonyl (C=O) groups is 4. The van der Waals surface area contributed by atoms with E-state index in [4.69, 9.17) is 9.47 Å². The fraction of sp³-hybridized carbons (Fsp3) is 0.474. The van der Waals surface area contributed by atoms with E-state index >= 15 is 0 Å². The van der Waals surface area contributed by atoms with Crippen molar-refractivity contribution in [1.82, 2.24) is 5.32 Å². The molecular formula is C19H22N2O6. The van der Waals surface area contributed by atoms with Crippen molar-refractivity contribution in [2.75, 3.05) is 18.5 Å². The molecule has 1 unspecified atom stereocenters. The lowest BCUT2D eigenvalue weighted by molar-refractivity contribution is -0.148. The van der Waals surface area contributed by atoms with Crippen LogP contribution in [0.1, 0.15) is 43.0 Å². The highest BCUT2D eigenvalue weighted by molar-refractivity contribution is 6.02. The smallest absolute Gasteiger partial charge is 0.329 e. The van der Waals surface area contributed by atoms with Crippen LogP contribution in [0.15, 0.2) is 18.2 Å². The predicted octanol–water partition coefficient (Wildman–Crippen LogP) is 1.44. The Labute approximate surface area is 156 Å². The maximum atomic E-state index is 12.4. The van der Waals surface area contributed by atoms with Gasteiger partial charge in [-0.1, -0.05) is 12.8 Å². The molecule has 1 atom stereocenters. The molecule has 3 rings (SSSR count). The number of carbonyl (C=O) groups excluding carboxylic acids is 4. The number of hydrogen-bond donors (Lipinski definition) is 2. The van der Waals surface area contributed by atoms with Gasteiger partial charge in [0.25, 0.3) is 5.91 Å². The Kier molecular flexibility index (Phi) is 5.73. The van der Waals surface area contributed by atoms with Crippen LogP contribution in [0.3, 0.4) is 0 Å². The van der Waals surface area contributed by atoms with E-state index in [0.29, 0.717) is 17.0 Å². The molecule has 8 nitrogen and oxygen atoms in total. The van der Waals surface area contributed by atoms with Gasteiger partial charge in [0.15, 0.2) is 19.0 Å². The number of rotatable bonds is 6. The molecule has 144 valence electrons. The van der Waals surface area contributed by atoms with Crippen LogP contribution in [0.5, 0.6) is 5.75 Å². The Bertz CT molecular complexity index is 769. The summed E-state index contributed by atoms with van der Waals surface area (Å²) >= 11 is 0. The highest BCUT2D eigenvalue weighted by atomic mass is 16.5. The number of Topliss-reactive ketones (excluding diaryl/α,β-unsaturated/α-hetero) is 1. The molecule has 2 N–H and O–H groups in total. The number of benzene rings is 1. The second-order valence-corrected chi connectivity index (χ2v) is 6.80. The molecule has 1 aliphatic carbocycles. The van der Waals surface area contributed by atoms with Gasteiger partial charge in [-0.3, -0.25) is 14.4 Å². The second-order valence-electron chi connectivity index (χ2n) is 6.80. The van der Waals surface area contributed by atoms with Crippen LogP contribution < -0.4 is 15.4 Å². The molecular weight excluding hydrogens is 352 g/mol. The lowest BCUT2D eigenvalue weighted by Gasteiger charge is -2.22. The number of ether oxygens (including phenoxy) is 2. The molecule has 1 heterocycles. The first-order chi connectivity index (χ1) is 12.9. The Morgan fingerprint density at radius 2 is 2.04 bits per heavy atom. The van der Waals surface area contributed by atoms with Gasteiger partial charge in [-0.15, -0.1) is 0 Å². The largest absolute Gasteiger partial charge is 0.482 e. The Balaban J connectivity index is 1.62. The van der Waals surface area contributed by atoms with Crippen molar-refractivity contribution in [2.24, 2.45) is 5.92 Å². The molecule has 27 heavy (non-hydrogen) atoms. The van der Waals surface area contributed by atoms with E-state index < -0.39 is 24.4 Å². The van der Waals surface area contributed by atoms with Crippen molar-refractivity contribution >= 4 is 29.3 Å². The van der Waals surface area contributed by atoms with E-state index in [1.54, 1.807) is 12.1 Å². The zero-order valence-corrected chi connectivity index (χ0v) is 15.1. The van der Waals surface area contributed by atoms with Crippen molar-refractivity contribution in [3.8, 4) is 5.75 Å². The molecule has 0 saturated heterocycles. The van der Waals surface area contributed by atoms with Crippen molar-refractivity contribution in [1.29, 1.82) is 0 Å². The SMILES string of the molecule is CC(=O)NC(C(=O)OCC(=O)c1ccc2c(c1)NC(=O)CO2)C1CCCC1. The van der Waals surface area contributed by atoms with Crippen molar-refractivity contribution in [3.63, 3.8) is 0 Å². The lowest BCUT2D eigenvalue weighted by atomic mass is 9.98. The third-order valence-corrected chi connectivity index (χ3v) is 4.76. The maximum Gasteiger partial charge on any atom is 0.329 e. The number of ketones is 1. The number of fused-ring (bicyclic) bond motifs is 1. The number of nitrogens with one attached hydrogen (secondary N) is 2. The normalized spacial score (nSPS) is 17.3. The first-order valence-electron chi connectivity index (χ1n) is 8.97. The van der Waals surface area contributed by atoms with Gasteiger partial charge in [-0.2, -0.15) is 0 Å². The zero-order valence-electron chi connectivity index (χ0n) is 15.1. The fourth-order valence-corrected chi connectivity index (χ4v) is 3.45. The molecule has 1 saturated carbocycles. The summed E-state index contributed by atoms with van der Waals surface area (Å²) in [4.78, 5) is 47.6. The van der Waals surface area contributed by atoms with Crippen molar-refractivity contribution in [2.45, 2.75) is 38.6 Å². The van der Waals surface area contributed by atoms with Gasteiger partial charge in [0.2, 0.25) is 5.91 Å². The molecule has 1 aromatic rings. The molecule has 1 aromatic carbocycles. The summed E-state index contributed by atoms with van der Waals surface area (Å²) in [5.74, 6) is -1.09. The average Bonchev–Trinajstić information content (AvgIpc) is 3.17. The monoisotopic (exact) mass is 374 g/mol. The molecule has 0 bridgehead atoms. The summed E-state index contributed by atoms with van der Waals surface area (Å²) in [7, 11) is 0. The summed E-state index contributed by atoms with van der Waals surface area (Å²) in [5.41, 5.74) is 0.704. The average molecular weight is 374 g/mol. The van der Waals surface area contributed by atoms with Crippen LogP contribution >= 0.6 is 0 Å². The fourth-order valence-electron chi connectivity index (χ4n) is 3.45. The predicted molar refractivity (Wildman–Crippen MR) is 95.4 cm³/mol. The van der Waals surface area contributed by atoms with Crippen LogP contribution in [-0.2, 0) is 19.1 Å². The molecule has 1 aliphatic heterocycles. The van der Waals surface area contributed by atoms with E-state index in [0.717, 1.165) is 25.7 Å². The summed E-state index contributed by atoms with van der Waals surface area (Å²) in [6.45, 7) is 0.850. The molecule has 0 spiro atoms. The van der Waals surface area contributed by atoms with Gasteiger partial charge in [-0.05, 0) is 37.0 Å². The maximum absolute atomic E-state index is 12.4. The quantitative estimate of drug-likeness (QED) is 0.576.